The number of nitrogens with zero attached hydrogens (tertiary/aromatic N) is 5. The van der Waals surface area contributed by atoms with Crippen LogP contribution in [0.3, 0.4) is 0 Å². The molecule has 0 bridgehead atoms. The maximum absolute atomic E-state index is 12.2. The highest BCUT2D eigenvalue weighted by atomic mass is 32.2. The molecule has 0 aliphatic heterocycles. The van der Waals surface area contributed by atoms with Gasteiger partial charge in [-0.1, -0.05) is 0 Å². The number of rotatable bonds is 10. The highest BCUT2D eigenvalue weighted by molar-refractivity contribution is 7.83. The Hall–Kier alpha value is -3.85. The topological polar surface area (TPSA) is 137 Å². The molecule has 1 unspecified atom stereocenters. The van der Waals surface area contributed by atoms with Crippen LogP contribution in [0.2, 0.25) is 0 Å². The van der Waals surface area contributed by atoms with E-state index in [0.717, 1.165) is 35.5 Å². The van der Waals surface area contributed by atoms with Gasteiger partial charge in [0.05, 0.1) is 17.6 Å². The highest BCUT2D eigenvalue weighted by Gasteiger charge is 2.23. The van der Waals surface area contributed by atoms with Crippen LogP contribution in [0.25, 0.3) is 5.65 Å². The average Bonchev–Trinajstić information content (AvgIpc) is 3.53. The molecule has 1 aliphatic carbocycles. The lowest BCUT2D eigenvalue weighted by molar-refractivity contribution is 0.0529. The largest absolute Gasteiger partial charge is 0.444 e. The Balaban J connectivity index is 1.53. The standard InChI is InChI=1S/C26H34N8O3S/c1-26(2,3)37-25(35)28-10-11-33(4)22-9-8-19(12-17(22)16-38(5)36)31-23-13-21(30-18-6-7-18)24-29-15-20(14-27)34(24)32-23/h8-9,12-13,15,18,30H,6-7,10-11,16H2,1-5H3,(H,28,35)(H,31,32). The van der Waals surface area contributed by atoms with Crippen molar-refractivity contribution in [3.8, 4) is 6.07 Å². The monoisotopic (exact) mass is 538 g/mol. The number of nitriles is 1. The van der Waals surface area contributed by atoms with Crippen LogP contribution >= 0.6 is 0 Å². The van der Waals surface area contributed by atoms with Gasteiger partial charge < -0.3 is 25.6 Å². The molecule has 4 rings (SSSR count). The quantitative estimate of drug-likeness (QED) is 0.352. The van der Waals surface area contributed by atoms with Crippen molar-refractivity contribution in [3.05, 3.63) is 41.7 Å². The summed E-state index contributed by atoms with van der Waals surface area (Å²) in [6, 6.07) is 10.3. The van der Waals surface area contributed by atoms with Gasteiger partial charge in [-0.25, -0.2) is 9.78 Å². The SMILES string of the molecule is CN(CCNC(=O)OC(C)(C)C)c1ccc(Nc2cc(NC3CC3)c3ncc(C#N)n3n2)cc1CS(C)=O. The van der Waals surface area contributed by atoms with E-state index in [0.29, 0.717) is 42.0 Å². The molecule has 1 saturated carbocycles. The van der Waals surface area contributed by atoms with E-state index in [1.54, 1.807) is 6.26 Å². The number of aromatic nitrogens is 3. The molecule has 3 N–H and O–H groups in total. The van der Waals surface area contributed by atoms with Gasteiger partial charge in [0, 0.05) is 60.7 Å². The summed E-state index contributed by atoms with van der Waals surface area (Å²) < 4.78 is 19.0. The Morgan fingerprint density at radius 3 is 2.74 bits per heavy atom. The summed E-state index contributed by atoms with van der Waals surface area (Å²) in [4.78, 5) is 18.3. The van der Waals surface area contributed by atoms with Crippen LogP contribution < -0.4 is 20.9 Å². The molecule has 0 saturated heterocycles. The van der Waals surface area contributed by atoms with E-state index in [1.807, 2.05) is 57.0 Å². The molecule has 11 nitrogen and oxygen atoms in total. The maximum atomic E-state index is 12.2. The molecule has 2 aromatic heterocycles. The number of likely N-dealkylation sites (N-methyl/N-ethyl adjacent to an activating group) is 1. The Bertz CT molecular complexity index is 1390. The first-order valence-electron chi connectivity index (χ1n) is 12.5. The number of alkyl carbamates (subject to hydrolysis) is 1. The Morgan fingerprint density at radius 2 is 2.08 bits per heavy atom. The summed E-state index contributed by atoms with van der Waals surface area (Å²) >= 11 is 0. The number of ether oxygens (including phenoxy) is 1. The lowest BCUT2D eigenvalue weighted by atomic mass is 10.1. The van der Waals surface area contributed by atoms with Crippen LogP contribution in [-0.4, -0.2) is 62.9 Å². The molecule has 1 aromatic carbocycles. The number of amides is 1. The summed E-state index contributed by atoms with van der Waals surface area (Å²) in [5.74, 6) is 0.928. The molecule has 38 heavy (non-hydrogen) atoms. The molecule has 2 heterocycles. The smallest absolute Gasteiger partial charge is 0.407 e. The molecule has 1 amide bonds. The zero-order valence-electron chi connectivity index (χ0n) is 22.4. The molecule has 202 valence electrons. The third kappa shape index (κ3) is 7.13. The fourth-order valence-electron chi connectivity index (χ4n) is 3.94. The number of hydrogen-bond acceptors (Lipinski definition) is 9. The summed E-state index contributed by atoms with van der Waals surface area (Å²) in [6.07, 6.45) is 4.92. The van der Waals surface area contributed by atoms with Crippen LogP contribution in [0.4, 0.5) is 27.7 Å². The minimum atomic E-state index is -1.06. The second kappa shape index (κ2) is 11.3. The summed E-state index contributed by atoms with van der Waals surface area (Å²) in [6.45, 7) is 6.40. The van der Waals surface area contributed by atoms with E-state index in [2.05, 4.69) is 32.1 Å². The second-order valence-corrected chi connectivity index (χ2v) is 11.8. The minimum absolute atomic E-state index is 0.349. The first-order chi connectivity index (χ1) is 18.0. The Kier molecular flexibility index (Phi) is 8.06. The molecule has 0 spiro atoms. The molecule has 3 aromatic rings. The summed E-state index contributed by atoms with van der Waals surface area (Å²) in [7, 11) is 0.864. The van der Waals surface area contributed by atoms with Crippen LogP contribution in [0.1, 0.15) is 44.9 Å². The predicted molar refractivity (Wildman–Crippen MR) is 149 cm³/mol. The van der Waals surface area contributed by atoms with E-state index in [9.17, 15) is 14.3 Å². The van der Waals surface area contributed by atoms with E-state index >= 15 is 0 Å². The van der Waals surface area contributed by atoms with Crippen molar-refractivity contribution in [3.63, 3.8) is 0 Å². The van der Waals surface area contributed by atoms with Gasteiger partial charge in [0.2, 0.25) is 0 Å². The van der Waals surface area contributed by atoms with E-state index < -0.39 is 22.5 Å². The van der Waals surface area contributed by atoms with E-state index in [-0.39, 0.29) is 0 Å². The van der Waals surface area contributed by atoms with Gasteiger partial charge >= 0.3 is 6.09 Å². The molecule has 12 heteroatoms. The maximum Gasteiger partial charge on any atom is 0.407 e. The molecule has 0 radical (unpaired) electrons. The predicted octanol–water partition coefficient (Wildman–Crippen LogP) is 3.76. The third-order valence-electron chi connectivity index (χ3n) is 5.76. The van der Waals surface area contributed by atoms with E-state index in [4.69, 9.17) is 4.74 Å². The molecule has 1 fully saturated rings. The third-order valence-corrected chi connectivity index (χ3v) is 6.47. The average molecular weight is 539 g/mol. The lowest BCUT2D eigenvalue weighted by Gasteiger charge is -2.24. The number of imidazole rings is 1. The van der Waals surface area contributed by atoms with Gasteiger partial charge in [-0.3, -0.25) is 4.21 Å². The van der Waals surface area contributed by atoms with Gasteiger partial charge in [0.15, 0.2) is 17.2 Å². The fourth-order valence-corrected chi connectivity index (χ4v) is 4.61. The number of hydrogen-bond donors (Lipinski definition) is 3. The zero-order chi connectivity index (χ0) is 27.4. The zero-order valence-corrected chi connectivity index (χ0v) is 23.2. The minimum Gasteiger partial charge on any atom is -0.444 e. The molecule has 1 aliphatic rings. The number of benzene rings is 1. The molecular formula is C26H34N8O3S. The first kappa shape index (κ1) is 27.2. The number of carbonyl (C=O) groups is 1. The van der Waals surface area contributed by atoms with Crippen molar-refractivity contribution in [2.24, 2.45) is 0 Å². The van der Waals surface area contributed by atoms with Crippen LogP contribution in [0.5, 0.6) is 0 Å². The number of fused-ring (bicyclic) bond motifs is 1. The number of anilines is 4. The van der Waals surface area contributed by atoms with Gasteiger partial charge in [-0.2, -0.15) is 9.78 Å². The van der Waals surface area contributed by atoms with Gasteiger partial charge in [-0.15, -0.1) is 5.10 Å². The van der Waals surface area contributed by atoms with Crippen molar-refractivity contribution in [1.29, 1.82) is 5.26 Å². The normalized spacial score (nSPS) is 14.0. The molecule has 1 atom stereocenters. The summed E-state index contributed by atoms with van der Waals surface area (Å²) in [5, 5.41) is 23.6. The van der Waals surface area contributed by atoms with Crippen LogP contribution in [0.15, 0.2) is 30.5 Å². The Morgan fingerprint density at radius 1 is 1.32 bits per heavy atom. The Labute approximate surface area is 225 Å². The fraction of sp³-hybridized carbons (Fsp3) is 0.462. The van der Waals surface area contributed by atoms with Gasteiger partial charge in [0.25, 0.3) is 0 Å². The van der Waals surface area contributed by atoms with Crippen LogP contribution in [0, 0.1) is 11.3 Å². The van der Waals surface area contributed by atoms with Gasteiger partial charge in [-0.05, 0) is 57.4 Å². The highest BCUT2D eigenvalue weighted by Crippen LogP contribution is 2.30. The van der Waals surface area contributed by atoms with Crippen molar-refractivity contribution < 1.29 is 13.7 Å². The van der Waals surface area contributed by atoms with Gasteiger partial charge in [0.1, 0.15) is 11.7 Å². The van der Waals surface area contributed by atoms with E-state index in [1.165, 1.54) is 10.7 Å². The first-order valence-corrected chi connectivity index (χ1v) is 14.2. The number of carbonyl (C=O) groups excluding carboxylic acids is 1. The summed E-state index contributed by atoms with van der Waals surface area (Å²) in [5.41, 5.74) is 3.80. The molecular weight excluding hydrogens is 504 g/mol. The van der Waals surface area contributed by atoms with Crippen molar-refractivity contribution in [2.45, 2.75) is 51.0 Å². The van der Waals surface area contributed by atoms with Crippen LogP contribution in [-0.2, 0) is 21.3 Å². The number of nitrogens with one attached hydrogen (secondary N) is 3. The van der Waals surface area contributed by atoms with Crippen molar-refractivity contribution >= 4 is 45.4 Å². The second-order valence-electron chi connectivity index (χ2n) is 10.4. The lowest BCUT2D eigenvalue weighted by Crippen LogP contribution is -2.37. The van der Waals surface area contributed by atoms with Crippen molar-refractivity contribution in [1.82, 2.24) is 19.9 Å². The van der Waals surface area contributed by atoms with Crippen molar-refractivity contribution in [2.75, 3.05) is 41.9 Å².